The number of carbonyl (C=O) groups excluding carboxylic acids is 2. The summed E-state index contributed by atoms with van der Waals surface area (Å²) in [7, 11) is 0. The van der Waals surface area contributed by atoms with Gasteiger partial charge < -0.3 is 25.7 Å². The molecule has 3 aromatic rings. The number of carbonyl (C=O) groups is 2. The Bertz CT molecular complexity index is 1280. The predicted molar refractivity (Wildman–Crippen MR) is 137 cm³/mol. The van der Waals surface area contributed by atoms with Crippen LogP contribution in [0.5, 0.6) is 0 Å². The summed E-state index contributed by atoms with van der Waals surface area (Å²) in [6, 6.07) is 12.1. The fourth-order valence-corrected chi connectivity index (χ4v) is 4.28. The van der Waals surface area contributed by atoms with E-state index in [2.05, 4.69) is 20.6 Å². The largest absolute Gasteiger partial charge is 0.394 e. The predicted octanol–water partition coefficient (Wildman–Crippen LogP) is 2.70. The van der Waals surface area contributed by atoms with E-state index in [9.17, 15) is 19.8 Å². The zero-order valence-corrected chi connectivity index (χ0v) is 20.8. The van der Waals surface area contributed by atoms with E-state index < -0.39 is 6.04 Å². The van der Waals surface area contributed by atoms with Crippen LogP contribution in [0.3, 0.4) is 0 Å². The van der Waals surface area contributed by atoms with Crippen molar-refractivity contribution < 1.29 is 19.8 Å². The third kappa shape index (κ3) is 5.64. The number of fused-ring (bicyclic) bond motifs is 1. The van der Waals surface area contributed by atoms with Crippen LogP contribution in [0, 0.1) is 6.92 Å². The maximum Gasteiger partial charge on any atom is 0.254 e. The van der Waals surface area contributed by atoms with E-state index in [1.165, 1.54) is 11.1 Å². The minimum atomic E-state index is -0.555. The molecule has 188 valence electrons. The lowest BCUT2D eigenvalue weighted by Crippen LogP contribution is -2.40. The van der Waals surface area contributed by atoms with Crippen LogP contribution in [0.15, 0.2) is 48.7 Å². The summed E-state index contributed by atoms with van der Waals surface area (Å²) in [6.45, 7) is 3.57. The number of hydrogen-bond donors (Lipinski definition) is 4. The molecule has 10 heteroatoms. The molecule has 2 aromatic carbocycles. The Hall–Kier alpha value is -3.53. The Balaban J connectivity index is 1.48. The molecule has 2 atom stereocenters. The second-order valence-electron chi connectivity index (χ2n) is 8.87. The molecule has 4 N–H and O–H groups in total. The van der Waals surface area contributed by atoms with Crippen molar-refractivity contribution in [1.29, 1.82) is 0 Å². The molecule has 0 fully saturated rings. The molecule has 9 nitrogen and oxygen atoms in total. The monoisotopic (exact) mass is 509 g/mol. The van der Waals surface area contributed by atoms with E-state index in [-0.39, 0.29) is 37.6 Å². The number of hydrogen-bond acceptors (Lipinski definition) is 7. The Morgan fingerprint density at radius 3 is 2.72 bits per heavy atom. The number of nitrogens with zero attached hydrogens (tertiary/aromatic N) is 3. The average Bonchev–Trinajstić information content (AvgIpc) is 3.17. The maximum atomic E-state index is 13.1. The standard InChI is InChI=1S/C26H28ClN5O4/c1-15-4-3-5-17(8-15)22(14-34)30-23(35)12-32-11-19-7-6-18(9-20(19)25(32)36)24-21(27)10-28-26(31-24)29-16(2)13-33/h3-10,16,22,33-34H,11-14H2,1-2H3,(H,30,35)(H,28,29,31)/t16-,22+/m0/s1. The van der Waals surface area contributed by atoms with Crippen molar-refractivity contribution in [3.05, 3.63) is 75.9 Å². The molecule has 1 aromatic heterocycles. The summed E-state index contributed by atoms with van der Waals surface area (Å²) in [4.78, 5) is 35.9. The number of aliphatic hydroxyl groups is 2. The van der Waals surface area contributed by atoms with Crippen LogP contribution in [-0.4, -0.2) is 62.7 Å². The van der Waals surface area contributed by atoms with E-state index >= 15 is 0 Å². The molecule has 0 saturated carbocycles. The summed E-state index contributed by atoms with van der Waals surface area (Å²) in [5, 5.41) is 25.2. The molecule has 4 rings (SSSR count). The van der Waals surface area contributed by atoms with Gasteiger partial charge >= 0.3 is 0 Å². The highest BCUT2D eigenvalue weighted by Crippen LogP contribution is 2.31. The fraction of sp³-hybridized carbons (Fsp3) is 0.308. The molecule has 1 aliphatic rings. The van der Waals surface area contributed by atoms with Crippen molar-refractivity contribution in [3.63, 3.8) is 0 Å². The normalized spacial score (nSPS) is 14.4. The summed E-state index contributed by atoms with van der Waals surface area (Å²) >= 11 is 6.34. The number of anilines is 1. The van der Waals surface area contributed by atoms with Crippen molar-refractivity contribution in [3.8, 4) is 11.3 Å². The van der Waals surface area contributed by atoms with E-state index in [0.717, 1.165) is 16.7 Å². The van der Waals surface area contributed by atoms with Crippen molar-refractivity contribution in [2.45, 2.75) is 32.5 Å². The molecular formula is C26H28ClN5O4. The number of aromatic nitrogens is 2. The number of rotatable bonds is 9. The second-order valence-corrected chi connectivity index (χ2v) is 9.28. The smallest absolute Gasteiger partial charge is 0.254 e. The molecule has 0 aliphatic carbocycles. The quantitative estimate of drug-likeness (QED) is 0.349. The molecule has 36 heavy (non-hydrogen) atoms. The topological polar surface area (TPSA) is 128 Å². The van der Waals surface area contributed by atoms with Crippen molar-refractivity contribution in [1.82, 2.24) is 20.2 Å². The van der Waals surface area contributed by atoms with Crippen molar-refractivity contribution >= 4 is 29.4 Å². The van der Waals surface area contributed by atoms with Gasteiger partial charge in [-0.05, 0) is 31.0 Å². The second kappa shape index (κ2) is 11.0. The first-order valence-corrected chi connectivity index (χ1v) is 12.0. The van der Waals surface area contributed by atoms with Gasteiger partial charge in [0.05, 0.1) is 36.2 Å². The summed E-state index contributed by atoms with van der Waals surface area (Å²) in [6.07, 6.45) is 1.47. The molecule has 2 amide bonds. The Morgan fingerprint density at radius 1 is 1.19 bits per heavy atom. The molecule has 0 unspecified atom stereocenters. The average molecular weight is 510 g/mol. The van der Waals surface area contributed by atoms with Crippen LogP contribution >= 0.6 is 11.6 Å². The number of halogens is 1. The third-order valence-corrected chi connectivity index (χ3v) is 6.23. The molecule has 0 spiro atoms. The number of amides is 2. The molecular weight excluding hydrogens is 482 g/mol. The molecule has 0 saturated heterocycles. The van der Waals surface area contributed by atoms with Gasteiger partial charge in [0.25, 0.3) is 5.91 Å². The van der Waals surface area contributed by atoms with Crippen LogP contribution < -0.4 is 10.6 Å². The minimum Gasteiger partial charge on any atom is -0.394 e. The van der Waals surface area contributed by atoms with Crippen molar-refractivity contribution in [2.75, 3.05) is 25.1 Å². The lowest BCUT2D eigenvalue weighted by molar-refractivity contribution is -0.122. The van der Waals surface area contributed by atoms with E-state index in [0.29, 0.717) is 34.3 Å². The van der Waals surface area contributed by atoms with Gasteiger partial charge in [-0.1, -0.05) is 53.6 Å². The Morgan fingerprint density at radius 2 is 2.00 bits per heavy atom. The summed E-state index contributed by atoms with van der Waals surface area (Å²) in [5.41, 5.74) is 4.19. The third-order valence-electron chi connectivity index (χ3n) is 5.95. The fourth-order valence-electron chi connectivity index (χ4n) is 4.08. The zero-order valence-electron chi connectivity index (χ0n) is 20.0. The Labute approximate surface area is 214 Å². The number of aliphatic hydroxyl groups excluding tert-OH is 2. The molecule has 0 radical (unpaired) electrons. The van der Waals surface area contributed by atoms with E-state index in [1.807, 2.05) is 43.3 Å². The zero-order chi connectivity index (χ0) is 25.8. The highest BCUT2D eigenvalue weighted by atomic mass is 35.5. The first-order chi connectivity index (χ1) is 17.3. The SMILES string of the molecule is Cc1cccc([C@@H](CO)NC(=O)CN2Cc3ccc(-c4nc(N[C@@H](C)CO)ncc4Cl)cc3C2=O)c1. The number of benzene rings is 2. The van der Waals surface area contributed by atoms with Crippen LogP contribution in [0.25, 0.3) is 11.3 Å². The summed E-state index contributed by atoms with van der Waals surface area (Å²) < 4.78 is 0. The first kappa shape index (κ1) is 25.6. The summed E-state index contributed by atoms with van der Waals surface area (Å²) in [5.74, 6) is -0.312. The number of nitrogens with one attached hydrogen (secondary N) is 2. The highest BCUT2D eigenvalue weighted by Gasteiger charge is 2.30. The first-order valence-electron chi connectivity index (χ1n) is 11.6. The molecule has 1 aliphatic heterocycles. The minimum absolute atomic E-state index is 0.0812. The maximum absolute atomic E-state index is 13.1. The van der Waals surface area contributed by atoms with E-state index in [1.54, 1.807) is 13.0 Å². The highest BCUT2D eigenvalue weighted by molar-refractivity contribution is 6.33. The number of aryl methyl sites for hydroxylation is 1. The van der Waals surface area contributed by atoms with Gasteiger partial charge in [0.2, 0.25) is 11.9 Å². The van der Waals surface area contributed by atoms with Gasteiger partial charge in [-0.3, -0.25) is 9.59 Å². The van der Waals surface area contributed by atoms with Crippen LogP contribution in [-0.2, 0) is 11.3 Å². The van der Waals surface area contributed by atoms with Crippen LogP contribution in [0.1, 0.15) is 40.0 Å². The molecule has 0 bridgehead atoms. The lowest BCUT2D eigenvalue weighted by Gasteiger charge is -2.20. The molecule has 2 heterocycles. The van der Waals surface area contributed by atoms with Crippen molar-refractivity contribution in [2.24, 2.45) is 0 Å². The van der Waals surface area contributed by atoms with Gasteiger partial charge in [0.1, 0.15) is 6.54 Å². The lowest BCUT2D eigenvalue weighted by atomic mass is 10.0. The van der Waals surface area contributed by atoms with Gasteiger partial charge in [-0.15, -0.1) is 0 Å². The van der Waals surface area contributed by atoms with Gasteiger partial charge in [0.15, 0.2) is 0 Å². The Kier molecular flexibility index (Phi) is 7.83. The van der Waals surface area contributed by atoms with Gasteiger partial charge in [-0.25, -0.2) is 9.97 Å². The van der Waals surface area contributed by atoms with E-state index in [4.69, 9.17) is 11.6 Å². The van der Waals surface area contributed by atoms with Crippen LogP contribution in [0.4, 0.5) is 5.95 Å². The van der Waals surface area contributed by atoms with Gasteiger partial charge in [-0.2, -0.15) is 0 Å². The van der Waals surface area contributed by atoms with Gasteiger partial charge in [0, 0.05) is 23.7 Å². The van der Waals surface area contributed by atoms with Crippen LogP contribution in [0.2, 0.25) is 5.02 Å².